The van der Waals surface area contributed by atoms with Gasteiger partial charge in [0.2, 0.25) is 0 Å². The van der Waals surface area contributed by atoms with Crippen molar-refractivity contribution < 1.29 is 4.79 Å². The number of carbonyl (C=O) groups excluding carboxylic acids is 1. The van der Waals surface area contributed by atoms with Gasteiger partial charge in [0.15, 0.2) is 5.78 Å². The van der Waals surface area contributed by atoms with E-state index in [0.717, 1.165) is 12.1 Å². The highest BCUT2D eigenvalue weighted by atomic mass is 16.1. The maximum absolute atomic E-state index is 12.4. The van der Waals surface area contributed by atoms with E-state index < -0.39 is 0 Å². The molecule has 3 nitrogen and oxygen atoms in total. The van der Waals surface area contributed by atoms with Gasteiger partial charge in [-0.3, -0.25) is 4.79 Å². The van der Waals surface area contributed by atoms with E-state index in [1.165, 1.54) is 23.0 Å². The van der Waals surface area contributed by atoms with Gasteiger partial charge in [0.1, 0.15) is 6.33 Å². The molecule has 4 rings (SSSR count). The number of fused-ring (bicyclic) bond motifs is 1. The van der Waals surface area contributed by atoms with E-state index in [2.05, 4.69) is 34.2 Å². The molecular weight excluding hydrogens is 284 g/mol. The fraction of sp³-hybridized carbons (Fsp3) is 0.150. The average Bonchev–Trinajstić information content (AvgIpc) is 2.62. The van der Waals surface area contributed by atoms with Gasteiger partial charge in [-0.1, -0.05) is 54.6 Å². The van der Waals surface area contributed by atoms with Crippen LogP contribution >= 0.6 is 0 Å². The second-order valence-corrected chi connectivity index (χ2v) is 5.86. The molecule has 23 heavy (non-hydrogen) atoms. The van der Waals surface area contributed by atoms with Crippen LogP contribution in [0.25, 0.3) is 11.1 Å². The molecule has 2 aromatic carbocycles. The number of Topliss-reactive ketones (excluding diaryl/α,β-unsaturated/α-hetero) is 1. The predicted octanol–water partition coefficient (Wildman–Crippen LogP) is 4.06. The zero-order valence-corrected chi connectivity index (χ0v) is 12.6. The highest BCUT2D eigenvalue weighted by molar-refractivity contribution is 5.98. The Labute approximate surface area is 135 Å². The van der Waals surface area contributed by atoms with Crippen LogP contribution in [0.5, 0.6) is 0 Å². The number of ketones is 1. The van der Waals surface area contributed by atoms with E-state index in [4.69, 9.17) is 0 Å². The molecule has 0 fully saturated rings. The van der Waals surface area contributed by atoms with Gasteiger partial charge in [-0.25, -0.2) is 9.97 Å². The van der Waals surface area contributed by atoms with Crippen LogP contribution in [0.4, 0.5) is 0 Å². The molecule has 1 aliphatic carbocycles. The molecule has 0 saturated carbocycles. The minimum absolute atomic E-state index is 0.139. The third-order valence-corrected chi connectivity index (χ3v) is 4.45. The van der Waals surface area contributed by atoms with Gasteiger partial charge in [-0.15, -0.1) is 0 Å². The highest BCUT2D eigenvalue weighted by Crippen LogP contribution is 2.36. The summed E-state index contributed by atoms with van der Waals surface area (Å²) in [5, 5.41) is 0. The summed E-state index contributed by atoms with van der Waals surface area (Å²) < 4.78 is 0. The molecule has 1 aliphatic rings. The van der Waals surface area contributed by atoms with Crippen molar-refractivity contribution in [2.75, 3.05) is 0 Å². The Bertz CT molecular complexity index is 858. The lowest BCUT2D eigenvalue weighted by Crippen LogP contribution is -2.20. The molecule has 0 aliphatic heterocycles. The summed E-state index contributed by atoms with van der Waals surface area (Å²) in [5.41, 5.74) is 5.15. The minimum Gasteiger partial charge on any atom is -0.294 e. The third-order valence-electron chi connectivity index (χ3n) is 4.45. The van der Waals surface area contributed by atoms with Gasteiger partial charge in [0, 0.05) is 12.6 Å². The number of rotatable bonds is 2. The molecule has 0 saturated heterocycles. The first-order valence-electron chi connectivity index (χ1n) is 7.79. The van der Waals surface area contributed by atoms with E-state index in [1.54, 1.807) is 6.20 Å². The van der Waals surface area contributed by atoms with E-state index >= 15 is 0 Å². The van der Waals surface area contributed by atoms with Crippen molar-refractivity contribution in [3.63, 3.8) is 0 Å². The lowest BCUT2D eigenvalue weighted by atomic mass is 9.79. The third kappa shape index (κ3) is 2.55. The molecule has 1 aromatic heterocycles. The summed E-state index contributed by atoms with van der Waals surface area (Å²) in [6, 6.07) is 18.7. The summed E-state index contributed by atoms with van der Waals surface area (Å²) in [6.45, 7) is 0. The number of hydrogen-bond donors (Lipinski definition) is 0. The number of nitrogens with zero attached hydrogens (tertiary/aromatic N) is 2. The fourth-order valence-electron chi connectivity index (χ4n) is 3.34. The van der Waals surface area contributed by atoms with Crippen LogP contribution < -0.4 is 0 Å². The molecule has 0 bridgehead atoms. The van der Waals surface area contributed by atoms with Crippen LogP contribution in [0.2, 0.25) is 0 Å². The first kappa shape index (κ1) is 13.8. The lowest BCUT2D eigenvalue weighted by molar-refractivity contribution is 0.0962. The van der Waals surface area contributed by atoms with E-state index in [0.29, 0.717) is 12.0 Å². The molecule has 1 unspecified atom stereocenters. The summed E-state index contributed by atoms with van der Waals surface area (Å²) in [4.78, 5) is 20.7. The van der Waals surface area contributed by atoms with Crippen LogP contribution in [0.3, 0.4) is 0 Å². The second-order valence-electron chi connectivity index (χ2n) is 5.86. The lowest BCUT2D eigenvalue weighted by Gasteiger charge is -2.24. The Hall–Kier alpha value is -2.81. The largest absolute Gasteiger partial charge is 0.294 e. The first-order valence-corrected chi connectivity index (χ1v) is 7.79. The van der Waals surface area contributed by atoms with Gasteiger partial charge in [0.05, 0.1) is 11.3 Å². The SMILES string of the molecule is O=C1CC(c2ccccc2-c2ccccc2)Cc2ncncc21. The van der Waals surface area contributed by atoms with Crippen LogP contribution in [-0.2, 0) is 6.42 Å². The van der Waals surface area contributed by atoms with Crippen LogP contribution in [0.1, 0.15) is 34.0 Å². The Kier molecular flexibility index (Phi) is 3.46. The summed E-state index contributed by atoms with van der Waals surface area (Å²) >= 11 is 0. The maximum atomic E-state index is 12.4. The molecule has 3 heteroatoms. The molecule has 112 valence electrons. The normalized spacial score (nSPS) is 16.9. The highest BCUT2D eigenvalue weighted by Gasteiger charge is 2.28. The quantitative estimate of drug-likeness (QED) is 0.717. The first-order chi connectivity index (χ1) is 11.3. The number of carbonyl (C=O) groups is 1. The van der Waals surface area contributed by atoms with Crippen molar-refractivity contribution >= 4 is 5.78 Å². The Morgan fingerprint density at radius 2 is 1.65 bits per heavy atom. The van der Waals surface area contributed by atoms with Crippen molar-refractivity contribution in [1.29, 1.82) is 0 Å². The molecule has 0 N–H and O–H groups in total. The monoisotopic (exact) mass is 300 g/mol. The molecule has 3 aromatic rings. The smallest absolute Gasteiger partial charge is 0.166 e. The van der Waals surface area contributed by atoms with Gasteiger partial charge in [-0.05, 0) is 29.0 Å². The van der Waals surface area contributed by atoms with Crippen molar-refractivity contribution in [1.82, 2.24) is 9.97 Å². The molecule has 0 amide bonds. The standard InChI is InChI=1S/C20H16N2O/c23-20-11-15(10-19-18(20)12-21-13-22-19)17-9-5-4-8-16(17)14-6-2-1-3-7-14/h1-9,12-13,15H,10-11H2. The second kappa shape index (κ2) is 5.76. The van der Waals surface area contributed by atoms with Gasteiger partial charge in [-0.2, -0.15) is 0 Å². The minimum atomic E-state index is 0.139. The van der Waals surface area contributed by atoms with Crippen LogP contribution in [0.15, 0.2) is 67.1 Å². The molecular formula is C20H16N2O. The van der Waals surface area contributed by atoms with Crippen LogP contribution in [-0.4, -0.2) is 15.8 Å². The zero-order chi connectivity index (χ0) is 15.6. The Morgan fingerprint density at radius 3 is 2.52 bits per heavy atom. The summed E-state index contributed by atoms with van der Waals surface area (Å²) in [7, 11) is 0. The van der Waals surface area contributed by atoms with Crippen molar-refractivity contribution in [2.45, 2.75) is 18.8 Å². The fourth-order valence-corrected chi connectivity index (χ4v) is 3.34. The molecule has 0 radical (unpaired) electrons. The predicted molar refractivity (Wildman–Crippen MR) is 89.3 cm³/mol. The van der Waals surface area contributed by atoms with E-state index in [9.17, 15) is 4.79 Å². The van der Waals surface area contributed by atoms with E-state index in [-0.39, 0.29) is 11.7 Å². The van der Waals surface area contributed by atoms with Gasteiger partial charge >= 0.3 is 0 Å². The Morgan fingerprint density at radius 1 is 0.870 bits per heavy atom. The molecule has 0 spiro atoms. The van der Waals surface area contributed by atoms with Crippen molar-refractivity contribution in [3.8, 4) is 11.1 Å². The van der Waals surface area contributed by atoms with Gasteiger partial charge < -0.3 is 0 Å². The number of aromatic nitrogens is 2. The summed E-state index contributed by atoms with van der Waals surface area (Å²) in [6.07, 6.45) is 4.47. The van der Waals surface area contributed by atoms with Crippen molar-refractivity contribution in [3.05, 3.63) is 83.9 Å². The molecule has 1 atom stereocenters. The maximum Gasteiger partial charge on any atom is 0.166 e. The van der Waals surface area contributed by atoms with E-state index in [1.807, 2.05) is 30.3 Å². The average molecular weight is 300 g/mol. The van der Waals surface area contributed by atoms with Gasteiger partial charge in [0.25, 0.3) is 0 Å². The molecule has 1 heterocycles. The Balaban J connectivity index is 1.77. The number of benzene rings is 2. The topological polar surface area (TPSA) is 42.9 Å². The summed E-state index contributed by atoms with van der Waals surface area (Å²) in [5.74, 6) is 0.307. The van der Waals surface area contributed by atoms with Crippen molar-refractivity contribution in [2.24, 2.45) is 0 Å². The van der Waals surface area contributed by atoms with Crippen LogP contribution in [0, 0.1) is 0 Å². The number of hydrogen-bond acceptors (Lipinski definition) is 3. The zero-order valence-electron chi connectivity index (χ0n) is 12.6.